The number of nitrogens with zero attached hydrogens (tertiary/aromatic N) is 5. The zero-order chi connectivity index (χ0) is 16.4. The third kappa shape index (κ3) is 3.00. The molecule has 0 amide bonds. The smallest absolute Gasteiger partial charge is 0.146 e. The van der Waals surface area contributed by atoms with Crippen LogP contribution in [0.4, 0.5) is 21.7 Å². The van der Waals surface area contributed by atoms with E-state index in [1.165, 1.54) is 18.9 Å². The second-order valence-corrected chi connectivity index (χ2v) is 6.35. The van der Waals surface area contributed by atoms with Crippen LogP contribution in [0.1, 0.15) is 12.8 Å². The van der Waals surface area contributed by atoms with Crippen LogP contribution in [-0.2, 0) is 0 Å². The fourth-order valence-corrected chi connectivity index (χ4v) is 3.51. The highest BCUT2D eigenvalue weighted by atomic mass is 19.1. The Labute approximate surface area is 141 Å². The van der Waals surface area contributed by atoms with Crippen LogP contribution >= 0.6 is 0 Å². The van der Waals surface area contributed by atoms with Gasteiger partial charge in [0, 0.05) is 45.3 Å². The summed E-state index contributed by atoms with van der Waals surface area (Å²) in [6.45, 7) is 5.43. The van der Waals surface area contributed by atoms with Crippen molar-refractivity contribution in [1.29, 1.82) is 0 Å². The number of halogens is 1. The van der Waals surface area contributed by atoms with Crippen LogP contribution in [0, 0.1) is 5.82 Å². The van der Waals surface area contributed by atoms with Crippen molar-refractivity contribution in [3.63, 3.8) is 0 Å². The van der Waals surface area contributed by atoms with E-state index in [-0.39, 0.29) is 5.82 Å². The van der Waals surface area contributed by atoms with Gasteiger partial charge in [-0.25, -0.2) is 14.4 Å². The zero-order valence-electron chi connectivity index (χ0n) is 13.7. The minimum absolute atomic E-state index is 0.149. The summed E-state index contributed by atoms with van der Waals surface area (Å²) in [5.41, 5.74) is 0.692. The average molecular weight is 327 g/mol. The molecule has 0 bridgehead atoms. The highest BCUT2D eigenvalue weighted by molar-refractivity contribution is 5.53. The fourth-order valence-electron chi connectivity index (χ4n) is 3.51. The lowest BCUT2D eigenvalue weighted by atomic mass is 10.2. The van der Waals surface area contributed by atoms with Crippen molar-refractivity contribution < 1.29 is 4.39 Å². The lowest BCUT2D eigenvalue weighted by Gasteiger charge is -2.37. The summed E-state index contributed by atoms with van der Waals surface area (Å²) in [4.78, 5) is 15.6. The SMILES string of the molecule is Fc1ccccc1N1CCN(c2cc(N3CCCC3)ncn2)CC1. The molecule has 1 aromatic heterocycles. The quantitative estimate of drug-likeness (QED) is 0.866. The van der Waals surface area contributed by atoms with Crippen LogP contribution in [-0.4, -0.2) is 49.2 Å². The lowest BCUT2D eigenvalue weighted by molar-refractivity contribution is 0.596. The minimum atomic E-state index is -0.149. The molecule has 0 N–H and O–H groups in total. The van der Waals surface area contributed by atoms with Crippen molar-refractivity contribution in [2.45, 2.75) is 12.8 Å². The maximum absolute atomic E-state index is 13.9. The van der Waals surface area contributed by atoms with E-state index in [0.29, 0.717) is 5.69 Å². The Kier molecular flexibility index (Phi) is 4.19. The molecule has 2 aliphatic heterocycles. The monoisotopic (exact) mass is 327 g/mol. The first kappa shape index (κ1) is 15.2. The minimum Gasteiger partial charge on any atom is -0.366 e. The molecule has 5 nitrogen and oxygen atoms in total. The van der Waals surface area contributed by atoms with Gasteiger partial charge in [0.2, 0.25) is 0 Å². The van der Waals surface area contributed by atoms with Gasteiger partial charge in [0.1, 0.15) is 23.8 Å². The van der Waals surface area contributed by atoms with Crippen LogP contribution in [0.25, 0.3) is 0 Å². The average Bonchev–Trinajstić information content (AvgIpc) is 3.17. The predicted molar refractivity (Wildman–Crippen MR) is 94.3 cm³/mol. The van der Waals surface area contributed by atoms with Gasteiger partial charge in [-0.3, -0.25) is 0 Å². The van der Waals surface area contributed by atoms with Crippen molar-refractivity contribution in [2.24, 2.45) is 0 Å². The van der Waals surface area contributed by atoms with Crippen LogP contribution in [0.5, 0.6) is 0 Å². The van der Waals surface area contributed by atoms with Gasteiger partial charge >= 0.3 is 0 Å². The first-order chi connectivity index (χ1) is 11.8. The van der Waals surface area contributed by atoms with E-state index in [0.717, 1.165) is 50.9 Å². The topological polar surface area (TPSA) is 35.5 Å². The van der Waals surface area contributed by atoms with E-state index in [1.54, 1.807) is 12.4 Å². The number of aromatic nitrogens is 2. The lowest BCUT2D eigenvalue weighted by Crippen LogP contribution is -2.47. The van der Waals surface area contributed by atoms with Crippen molar-refractivity contribution in [3.05, 3.63) is 42.5 Å². The Hall–Kier alpha value is -2.37. The molecular weight excluding hydrogens is 305 g/mol. The number of para-hydroxylation sites is 1. The molecule has 0 unspecified atom stereocenters. The molecule has 2 fully saturated rings. The number of rotatable bonds is 3. The Balaban J connectivity index is 1.44. The number of anilines is 3. The van der Waals surface area contributed by atoms with Crippen LogP contribution in [0.3, 0.4) is 0 Å². The fraction of sp³-hybridized carbons (Fsp3) is 0.444. The van der Waals surface area contributed by atoms with E-state index in [9.17, 15) is 4.39 Å². The van der Waals surface area contributed by atoms with Crippen LogP contribution < -0.4 is 14.7 Å². The standard InChI is InChI=1S/C18H22FN5/c19-15-5-1-2-6-16(15)22-9-11-24(12-10-22)18-13-17(20-14-21-18)23-7-3-4-8-23/h1-2,5-6,13-14H,3-4,7-12H2. The molecule has 0 aliphatic carbocycles. The van der Waals surface area contributed by atoms with E-state index < -0.39 is 0 Å². The van der Waals surface area contributed by atoms with E-state index >= 15 is 0 Å². The maximum Gasteiger partial charge on any atom is 0.146 e. The highest BCUT2D eigenvalue weighted by Gasteiger charge is 2.21. The van der Waals surface area contributed by atoms with Crippen molar-refractivity contribution in [3.8, 4) is 0 Å². The van der Waals surface area contributed by atoms with E-state index in [4.69, 9.17) is 0 Å². The number of benzene rings is 1. The molecule has 6 heteroatoms. The molecule has 0 saturated carbocycles. The molecular formula is C18H22FN5. The second-order valence-electron chi connectivity index (χ2n) is 6.35. The highest BCUT2D eigenvalue weighted by Crippen LogP contribution is 2.24. The molecule has 3 heterocycles. The van der Waals surface area contributed by atoms with Crippen molar-refractivity contribution >= 4 is 17.3 Å². The normalized spacial score (nSPS) is 18.3. The molecule has 4 rings (SSSR count). The van der Waals surface area contributed by atoms with Gasteiger partial charge in [-0.2, -0.15) is 0 Å². The predicted octanol–water partition coefficient (Wildman–Crippen LogP) is 2.54. The molecule has 2 aromatic rings. The van der Waals surface area contributed by atoms with Crippen LogP contribution in [0.2, 0.25) is 0 Å². The number of hydrogen-bond donors (Lipinski definition) is 0. The van der Waals surface area contributed by atoms with Crippen molar-refractivity contribution in [2.75, 3.05) is 54.0 Å². The summed E-state index contributed by atoms with van der Waals surface area (Å²) in [6.07, 6.45) is 4.13. The molecule has 24 heavy (non-hydrogen) atoms. The van der Waals surface area contributed by atoms with Gasteiger partial charge in [-0.05, 0) is 25.0 Å². The molecule has 1 aromatic carbocycles. The number of hydrogen-bond acceptors (Lipinski definition) is 5. The molecule has 2 saturated heterocycles. The third-order valence-electron chi connectivity index (χ3n) is 4.87. The number of piperazine rings is 1. The van der Waals surface area contributed by atoms with Gasteiger partial charge in [-0.1, -0.05) is 12.1 Å². The Morgan fingerprint density at radius 3 is 2.00 bits per heavy atom. The first-order valence-corrected chi connectivity index (χ1v) is 8.63. The van der Waals surface area contributed by atoms with Gasteiger partial charge in [-0.15, -0.1) is 0 Å². The van der Waals surface area contributed by atoms with Crippen LogP contribution in [0.15, 0.2) is 36.7 Å². The summed E-state index contributed by atoms with van der Waals surface area (Å²) in [5.74, 6) is 1.85. The molecule has 0 spiro atoms. The molecule has 0 atom stereocenters. The molecule has 2 aliphatic rings. The summed E-state index contributed by atoms with van der Waals surface area (Å²) in [7, 11) is 0. The summed E-state index contributed by atoms with van der Waals surface area (Å²) >= 11 is 0. The van der Waals surface area contributed by atoms with Gasteiger partial charge in [0.25, 0.3) is 0 Å². The maximum atomic E-state index is 13.9. The molecule has 0 radical (unpaired) electrons. The Morgan fingerprint density at radius 1 is 0.750 bits per heavy atom. The second kappa shape index (κ2) is 6.63. The van der Waals surface area contributed by atoms with Crippen molar-refractivity contribution in [1.82, 2.24) is 9.97 Å². The first-order valence-electron chi connectivity index (χ1n) is 8.63. The summed E-state index contributed by atoms with van der Waals surface area (Å²) in [6, 6.07) is 9.08. The summed E-state index contributed by atoms with van der Waals surface area (Å²) in [5, 5.41) is 0. The summed E-state index contributed by atoms with van der Waals surface area (Å²) < 4.78 is 13.9. The van der Waals surface area contributed by atoms with E-state index in [2.05, 4.69) is 30.7 Å². The zero-order valence-corrected chi connectivity index (χ0v) is 13.7. The van der Waals surface area contributed by atoms with Gasteiger partial charge < -0.3 is 14.7 Å². The van der Waals surface area contributed by atoms with Gasteiger partial charge in [0.15, 0.2) is 0 Å². The Bertz CT molecular complexity index is 693. The third-order valence-corrected chi connectivity index (χ3v) is 4.87. The molecule has 126 valence electrons. The van der Waals surface area contributed by atoms with Gasteiger partial charge in [0.05, 0.1) is 5.69 Å². The van der Waals surface area contributed by atoms with E-state index in [1.807, 2.05) is 12.1 Å². The Morgan fingerprint density at radius 2 is 1.33 bits per heavy atom. The largest absolute Gasteiger partial charge is 0.366 e.